The largest absolute Gasteiger partial charge is 0.318 e. The Balaban J connectivity index is 2.57. The van der Waals surface area contributed by atoms with Crippen molar-refractivity contribution in [2.24, 2.45) is 0 Å². The van der Waals surface area contributed by atoms with Crippen molar-refractivity contribution < 1.29 is 0 Å². The van der Waals surface area contributed by atoms with Crippen LogP contribution >= 0.6 is 11.6 Å². The van der Waals surface area contributed by atoms with Gasteiger partial charge >= 0.3 is 0 Å². The van der Waals surface area contributed by atoms with E-state index >= 15 is 0 Å². The van der Waals surface area contributed by atoms with Crippen molar-refractivity contribution in [2.75, 3.05) is 13.6 Å². The van der Waals surface area contributed by atoms with E-state index in [0.717, 1.165) is 6.54 Å². The summed E-state index contributed by atoms with van der Waals surface area (Å²) >= 11 is 5.96. The molecule has 0 fully saturated rings. The molecule has 4 nitrogen and oxygen atoms in total. The second-order valence-corrected chi connectivity index (χ2v) is 3.89. The molecule has 84 valence electrons. The predicted octanol–water partition coefficient (Wildman–Crippen LogP) is 1.27. The molecule has 16 heavy (non-hydrogen) atoms. The van der Waals surface area contributed by atoms with Crippen molar-refractivity contribution in [1.82, 2.24) is 14.9 Å². The topological polar surface area (TPSA) is 46.9 Å². The van der Waals surface area contributed by atoms with Gasteiger partial charge in [0.2, 0.25) is 0 Å². The van der Waals surface area contributed by atoms with Crippen LogP contribution in [-0.4, -0.2) is 23.1 Å². The molecule has 2 rings (SSSR count). The van der Waals surface area contributed by atoms with E-state index in [2.05, 4.69) is 10.3 Å². The van der Waals surface area contributed by atoms with Crippen LogP contribution in [0.2, 0.25) is 5.02 Å². The molecule has 1 aromatic heterocycles. The number of para-hydroxylation sites is 1. The molecule has 0 unspecified atom stereocenters. The number of aromatic nitrogens is 2. The Morgan fingerprint density at radius 2 is 2.31 bits per heavy atom. The molecule has 0 saturated carbocycles. The molecule has 0 aliphatic carbocycles. The molecular formula is C11H12ClN3O. The molecule has 0 atom stereocenters. The summed E-state index contributed by atoms with van der Waals surface area (Å²) in [4.78, 5) is 16.2. The van der Waals surface area contributed by atoms with Crippen molar-refractivity contribution in [3.05, 3.63) is 39.9 Å². The lowest BCUT2D eigenvalue weighted by Crippen LogP contribution is -2.25. The average Bonchev–Trinajstić information content (AvgIpc) is 2.29. The lowest BCUT2D eigenvalue weighted by Gasteiger charge is -2.06. The zero-order valence-corrected chi connectivity index (χ0v) is 9.66. The number of halogens is 1. The Morgan fingerprint density at radius 3 is 3.06 bits per heavy atom. The number of nitrogens with one attached hydrogen (secondary N) is 1. The first-order valence-electron chi connectivity index (χ1n) is 5.02. The van der Waals surface area contributed by atoms with Crippen LogP contribution < -0.4 is 10.9 Å². The van der Waals surface area contributed by atoms with E-state index in [0.29, 0.717) is 22.5 Å². The van der Waals surface area contributed by atoms with E-state index in [1.54, 1.807) is 22.8 Å². The highest BCUT2D eigenvalue weighted by atomic mass is 35.5. The van der Waals surface area contributed by atoms with Crippen LogP contribution in [0.5, 0.6) is 0 Å². The first kappa shape index (κ1) is 11.1. The standard InChI is InChI=1S/C11H12ClN3O/c1-13-5-6-15-7-14-10-8(11(15)16)3-2-4-9(10)12/h2-4,7,13H,5-6H2,1H3. The lowest BCUT2D eigenvalue weighted by molar-refractivity contribution is 0.621. The predicted molar refractivity (Wildman–Crippen MR) is 64.9 cm³/mol. The Bertz CT molecular complexity index is 565. The van der Waals surface area contributed by atoms with Crippen LogP contribution in [0.4, 0.5) is 0 Å². The van der Waals surface area contributed by atoms with Gasteiger partial charge in [0.1, 0.15) is 0 Å². The molecule has 0 bridgehead atoms. The SMILES string of the molecule is CNCCn1cnc2c(Cl)cccc2c1=O. The third-order valence-corrected chi connectivity index (χ3v) is 2.71. The van der Waals surface area contributed by atoms with Crippen LogP contribution in [0.3, 0.4) is 0 Å². The van der Waals surface area contributed by atoms with Gasteiger partial charge in [-0.1, -0.05) is 17.7 Å². The summed E-state index contributed by atoms with van der Waals surface area (Å²) in [6, 6.07) is 5.23. The number of benzene rings is 1. The zero-order valence-electron chi connectivity index (χ0n) is 8.90. The molecule has 0 spiro atoms. The fraction of sp³-hybridized carbons (Fsp3) is 0.273. The zero-order chi connectivity index (χ0) is 11.5. The molecule has 0 amide bonds. The van der Waals surface area contributed by atoms with E-state index in [1.165, 1.54) is 6.33 Å². The van der Waals surface area contributed by atoms with Gasteiger partial charge in [-0.05, 0) is 19.2 Å². The quantitative estimate of drug-likeness (QED) is 0.875. The maximum Gasteiger partial charge on any atom is 0.261 e. The maximum absolute atomic E-state index is 12.0. The highest BCUT2D eigenvalue weighted by Crippen LogP contribution is 2.17. The fourth-order valence-electron chi connectivity index (χ4n) is 1.55. The summed E-state index contributed by atoms with van der Waals surface area (Å²) in [5, 5.41) is 4.06. The molecule has 5 heteroatoms. The number of hydrogen-bond acceptors (Lipinski definition) is 3. The number of rotatable bonds is 3. The minimum atomic E-state index is -0.0530. The van der Waals surface area contributed by atoms with Gasteiger partial charge in [-0.2, -0.15) is 0 Å². The average molecular weight is 238 g/mol. The van der Waals surface area contributed by atoms with Gasteiger partial charge in [0.25, 0.3) is 5.56 Å². The van der Waals surface area contributed by atoms with Crippen molar-refractivity contribution >= 4 is 22.5 Å². The Hall–Kier alpha value is -1.39. The van der Waals surface area contributed by atoms with E-state index in [1.807, 2.05) is 7.05 Å². The molecule has 1 heterocycles. The molecule has 2 aromatic rings. The minimum absolute atomic E-state index is 0.0530. The lowest BCUT2D eigenvalue weighted by atomic mass is 10.2. The second kappa shape index (κ2) is 4.63. The molecule has 1 N–H and O–H groups in total. The van der Waals surface area contributed by atoms with Crippen LogP contribution in [-0.2, 0) is 6.54 Å². The Kier molecular flexibility index (Phi) is 3.22. The Morgan fingerprint density at radius 1 is 1.50 bits per heavy atom. The normalized spacial score (nSPS) is 10.9. The molecule has 0 saturated heterocycles. The van der Waals surface area contributed by atoms with Crippen LogP contribution in [0.15, 0.2) is 29.3 Å². The van der Waals surface area contributed by atoms with Gasteiger partial charge in [-0.3, -0.25) is 9.36 Å². The number of fused-ring (bicyclic) bond motifs is 1. The van der Waals surface area contributed by atoms with Gasteiger partial charge in [-0.15, -0.1) is 0 Å². The van der Waals surface area contributed by atoms with Gasteiger partial charge in [0.05, 0.1) is 22.3 Å². The van der Waals surface area contributed by atoms with E-state index in [4.69, 9.17) is 11.6 Å². The van der Waals surface area contributed by atoms with Gasteiger partial charge in [-0.25, -0.2) is 4.98 Å². The van der Waals surface area contributed by atoms with Gasteiger partial charge in [0, 0.05) is 13.1 Å². The van der Waals surface area contributed by atoms with Crippen LogP contribution in [0.25, 0.3) is 10.9 Å². The monoisotopic (exact) mass is 237 g/mol. The minimum Gasteiger partial charge on any atom is -0.318 e. The van der Waals surface area contributed by atoms with Crippen molar-refractivity contribution in [3.8, 4) is 0 Å². The summed E-state index contributed by atoms with van der Waals surface area (Å²) in [6.07, 6.45) is 1.54. The summed E-state index contributed by atoms with van der Waals surface area (Å²) in [6.45, 7) is 1.33. The van der Waals surface area contributed by atoms with Gasteiger partial charge < -0.3 is 5.32 Å². The summed E-state index contributed by atoms with van der Waals surface area (Å²) in [5.41, 5.74) is 0.512. The third kappa shape index (κ3) is 1.94. The highest BCUT2D eigenvalue weighted by molar-refractivity contribution is 6.34. The van der Waals surface area contributed by atoms with E-state index < -0.39 is 0 Å². The van der Waals surface area contributed by atoms with E-state index in [-0.39, 0.29) is 5.56 Å². The number of hydrogen-bond donors (Lipinski definition) is 1. The Labute approximate surface area is 97.9 Å². The molecule has 0 aliphatic rings. The summed E-state index contributed by atoms with van der Waals surface area (Å²) in [5.74, 6) is 0. The smallest absolute Gasteiger partial charge is 0.261 e. The van der Waals surface area contributed by atoms with Gasteiger partial charge in [0.15, 0.2) is 0 Å². The van der Waals surface area contributed by atoms with Crippen molar-refractivity contribution in [2.45, 2.75) is 6.54 Å². The first-order chi connectivity index (χ1) is 7.74. The maximum atomic E-state index is 12.0. The fourth-order valence-corrected chi connectivity index (χ4v) is 1.77. The van der Waals surface area contributed by atoms with Crippen molar-refractivity contribution in [1.29, 1.82) is 0 Å². The second-order valence-electron chi connectivity index (χ2n) is 3.48. The van der Waals surface area contributed by atoms with Crippen LogP contribution in [0, 0.1) is 0 Å². The van der Waals surface area contributed by atoms with Crippen LogP contribution in [0.1, 0.15) is 0 Å². The number of likely N-dealkylation sites (N-methyl/N-ethyl adjacent to an activating group) is 1. The van der Waals surface area contributed by atoms with E-state index in [9.17, 15) is 4.79 Å². The summed E-state index contributed by atoms with van der Waals surface area (Å²) in [7, 11) is 1.84. The van der Waals surface area contributed by atoms with Crippen molar-refractivity contribution in [3.63, 3.8) is 0 Å². The molecule has 0 radical (unpaired) electrons. The third-order valence-electron chi connectivity index (χ3n) is 2.41. The molecule has 0 aliphatic heterocycles. The first-order valence-corrected chi connectivity index (χ1v) is 5.40. The molecular weight excluding hydrogens is 226 g/mol. The summed E-state index contributed by atoms with van der Waals surface area (Å²) < 4.78 is 1.58. The molecule has 1 aromatic carbocycles. The number of nitrogens with zero attached hydrogens (tertiary/aromatic N) is 2. The highest BCUT2D eigenvalue weighted by Gasteiger charge is 2.05.